The number of carboxylic acids is 1. The van der Waals surface area contributed by atoms with Gasteiger partial charge in [0.15, 0.2) is 23.1 Å². The minimum absolute atomic E-state index is 0.0476. The lowest BCUT2D eigenvalue weighted by Gasteiger charge is -2.37. The van der Waals surface area contributed by atoms with Crippen molar-refractivity contribution in [2.24, 2.45) is 0 Å². The number of hydrogen-bond acceptors (Lipinski definition) is 4. The van der Waals surface area contributed by atoms with Crippen molar-refractivity contribution >= 4 is 5.97 Å². The average Bonchev–Trinajstić information content (AvgIpc) is 2.54. The van der Waals surface area contributed by atoms with Gasteiger partial charge < -0.3 is 19.3 Å². The predicted molar refractivity (Wildman–Crippen MR) is 76.3 cm³/mol. The Morgan fingerprint density at radius 2 is 1.95 bits per heavy atom. The van der Waals surface area contributed by atoms with Gasteiger partial charge in [-0.3, -0.25) is 4.79 Å². The number of hydrogen-bond donors (Lipinski definition) is 1. The molecule has 1 N–H and O–H groups in total. The Morgan fingerprint density at radius 3 is 2.59 bits per heavy atom. The number of fused-ring (bicyclic) bond motifs is 1. The number of carboxylic acid groups (broad SMARTS) is 1. The molecule has 2 aliphatic rings. The van der Waals surface area contributed by atoms with Crippen molar-refractivity contribution < 1.29 is 28.5 Å². The standard InChI is InChI=1S/C16H19FO5/c1-20-13-10(17)9-11-14(22-8-7-21-11)12(13)16(15(18)19)5-3-2-4-6-16/h9H,2-8H2,1H3,(H,18,19). The van der Waals surface area contributed by atoms with Crippen LogP contribution in [-0.2, 0) is 10.2 Å². The van der Waals surface area contributed by atoms with Crippen LogP contribution in [-0.4, -0.2) is 31.4 Å². The quantitative estimate of drug-likeness (QED) is 0.930. The Hall–Kier alpha value is -1.98. The van der Waals surface area contributed by atoms with Crippen molar-refractivity contribution in [2.45, 2.75) is 37.5 Å². The van der Waals surface area contributed by atoms with Crippen LogP contribution >= 0.6 is 0 Å². The van der Waals surface area contributed by atoms with Crippen molar-refractivity contribution in [3.8, 4) is 17.2 Å². The third kappa shape index (κ3) is 2.17. The largest absolute Gasteiger partial charge is 0.493 e. The van der Waals surface area contributed by atoms with Gasteiger partial charge in [0.1, 0.15) is 18.6 Å². The Kier molecular flexibility index (Phi) is 3.85. The predicted octanol–water partition coefficient (Wildman–Crippen LogP) is 2.89. The molecule has 3 rings (SSSR count). The van der Waals surface area contributed by atoms with Crippen LogP contribution in [0.25, 0.3) is 0 Å². The summed E-state index contributed by atoms with van der Waals surface area (Å²) < 4.78 is 30.7. The minimum atomic E-state index is -1.18. The molecule has 0 atom stereocenters. The van der Waals surface area contributed by atoms with E-state index >= 15 is 0 Å². The molecule has 1 aliphatic carbocycles. The highest BCUT2D eigenvalue weighted by atomic mass is 19.1. The maximum absolute atomic E-state index is 14.4. The smallest absolute Gasteiger partial charge is 0.314 e. The third-order valence-corrected chi connectivity index (χ3v) is 4.54. The minimum Gasteiger partial charge on any atom is -0.493 e. The SMILES string of the molecule is COc1c(F)cc2c(c1C1(C(=O)O)CCCCC1)OCCO2. The van der Waals surface area contributed by atoms with Crippen molar-refractivity contribution in [2.75, 3.05) is 20.3 Å². The zero-order chi connectivity index (χ0) is 15.7. The average molecular weight is 310 g/mol. The monoisotopic (exact) mass is 310 g/mol. The van der Waals surface area contributed by atoms with Gasteiger partial charge in [-0.05, 0) is 12.8 Å². The van der Waals surface area contributed by atoms with Gasteiger partial charge in [0, 0.05) is 6.07 Å². The summed E-state index contributed by atoms with van der Waals surface area (Å²) in [6.07, 6.45) is 3.42. The van der Waals surface area contributed by atoms with E-state index in [-0.39, 0.29) is 17.1 Å². The van der Waals surface area contributed by atoms with Gasteiger partial charge in [-0.25, -0.2) is 4.39 Å². The topological polar surface area (TPSA) is 65.0 Å². The Balaban J connectivity index is 2.26. The number of rotatable bonds is 3. The Morgan fingerprint density at radius 1 is 1.27 bits per heavy atom. The van der Waals surface area contributed by atoms with Crippen LogP contribution < -0.4 is 14.2 Å². The molecule has 1 heterocycles. The summed E-state index contributed by atoms with van der Waals surface area (Å²) in [5.41, 5.74) is -0.895. The van der Waals surface area contributed by atoms with Crippen LogP contribution in [0.5, 0.6) is 17.2 Å². The van der Waals surface area contributed by atoms with Gasteiger partial charge in [-0.2, -0.15) is 0 Å². The van der Waals surface area contributed by atoms with Gasteiger partial charge >= 0.3 is 5.97 Å². The van der Waals surface area contributed by atoms with Crippen LogP contribution in [0.3, 0.4) is 0 Å². The molecule has 1 aliphatic heterocycles. The second-order valence-electron chi connectivity index (χ2n) is 5.74. The lowest BCUT2D eigenvalue weighted by molar-refractivity contribution is -0.145. The van der Waals surface area contributed by atoms with Gasteiger partial charge in [0.25, 0.3) is 0 Å². The fourth-order valence-corrected chi connectivity index (χ4v) is 3.50. The van der Waals surface area contributed by atoms with E-state index in [0.29, 0.717) is 31.8 Å². The normalized spacial score (nSPS) is 19.5. The zero-order valence-electron chi connectivity index (χ0n) is 12.5. The maximum atomic E-state index is 14.4. The first-order valence-electron chi connectivity index (χ1n) is 7.50. The molecule has 0 amide bonds. The van der Waals surface area contributed by atoms with E-state index in [9.17, 15) is 14.3 Å². The lowest BCUT2D eigenvalue weighted by Crippen LogP contribution is -2.39. The summed E-state index contributed by atoms with van der Waals surface area (Å²) >= 11 is 0. The molecule has 1 saturated carbocycles. The van der Waals surface area contributed by atoms with E-state index in [0.717, 1.165) is 19.3 Å². The lowest BCUT2D eigenvalue weighted by atomic mass is 9.68. The van der Waals surface area contributed by atoms with Crippen molar-refractivity contribution in [1.29, 1.82) is 0 Å². The molecule has 0 bridgehead atoms. The molecule has 6 heteroatoms. The van der Waals surface area contributed by atoms with Gasteiger partial charge in [-0.15, -0.1) is 0 Å². The Bertz CT molecular complexity index is 593. The summed E-state index contributed by atoms with van der Waals surface area (Å²) in [4.78, 5) is 12.1. The van der Waals surface area contributed by atoms with Crippen LogP contribution in [0, 0.1) is 5.82 Å². The molecule has 0 unspecified atom stereocenters. The maximum Gasteiger partial charge on any atom is 0.314 e. The third-order valence-electron chi connectivity index (χ3n) is 4.54. The van der Waals surface area contributed by atoms with E-state index in [4.69, 9.17) is 14.2 Å². The molecule has 0 spiro atoms. The van der Waals surface area contributed by atoms with Gasteiger partial charge in [-0.1, -0.05) is 19.3 Å². The first kappa shape index (κ1) is 14.9. The molecule has 22 heavy (non-hydrogen) atoms. The molecular weight excluding hydrogens is 291 g/mol. The van der Waals surface area contributed by atoms with Crippen LogP contribution in [0.15, 0.2) is 6.07 Å². The molecular formula is C16H19FO5. The van der Waals surface area contributed by atoms with Gasteiger partial charge in [0.05, 0.1) is 12.7 Å². The molecule has 1 aromatic rings. The summed E-state index contributed by atoms with van der Waals surface area (Å²) in [6, 6.07) is 1.20. The number of methoxy groups -OCH3 is 1. The van der Waals surface area contributed by atoms with E-state index in [1.807, 2.05) is 0 Å². The first-order chi connectivity index (χ1) is 10.6. The highest BCUT2D eigenvalue weighted by Crippen LogP contribution is 2.52. The summed E-state index contributed by atoms with van der Waals surface area (Å²) in [5.74, 6) is -1.06. The molecule has 5 nitrogen and oxygen atoms in total. The molecule has 0 aromatic heterocycles. The fraction of sp³-hybridized carbons (Fsp3) is 0.562. The van der Waals surface area contributed by atoms with Crippen molar-refractivity contribution in [1.82, 2.24) is 0 Å². The Labute approximate surface area is 128 Å². The molecule has 120 valence electrons. The second-order valence-corrected chi connectivity index (χ2v) is 5.74. The highest BCUT2D eigenvalue weighted by Gasteiger charge is 2.47. The molecule has 0 radical (unpaired) electrons. The summed E-state index contributed by atoms with van der Waals surface area (Å²) in [6.45, 7) is 0.628. The number of carbonyl (C=O) groups is 1. The zero-order valence-corrected chi connectivity index (χ0v) is 12.5. The van der Waals surface area contributed by atoms with E-state index < -0.39 is 17.2 Å². The summed E-state index contributed by atoms with van der Waals surface area (Å²) in [5, 5.41) is 9.88. The summed E-state index contributed by atoms with van der Waals surface area (Å²) in [7, 11) is 1.34. The second kappa shape index (κ2) is 5.66. The number of benzene rings is 1. The first-order valence-corrected chi connectivity index (χ1v) is 7.50. The number of ether oxygens (including phenoxy) is 3. The fourth-order valence-electron chi connectivity index (χ4n) is 3.50. The number of halogens is 1. The molecule has 0 saturated heterocycles. The van der Waals surface area contributed by atoms with E-state index in [1.165, 1.54) is 13.2 Å². The molecule has 1 aromatic carbocycles. The van der Waals surface area contributed by atoms with E-state index in [1.54, 1.807) is 0 Å². The van der Waals surface area contributed by atoms with Crippen molar-refractivity contribution in [3.05, 3.63) is 17.4 Å². The van der Waals surface area contributed by atoms with E-state index in [2.05, 4.69) is 0 Å². The van der Waals surface area contributed by atoms with Crippen molar-refractivity contribution in [3.63, 3.8) is 0 Å². The molecule has 1 fully saturated rings. The van der Waals surface area contributed by atoms with Crippen LogP contribution in [0.1, 0.15) is 37.7 Å². The van der Waals surface area contributed by atoms with Crippen LogP contribution in [0.2, 0.25) is 0 Å². The van der Waals surface area contributed by atoms with Gasteiger partial charge in [0.2, 0.25) is 0 Å². The number of aliphatic carboxylic acids is 1. The van der Waals surface area contributed by atoms with Crippen LogP contribution in [0.4, 0.5) is 4.39 Å². The highest BCUT2D eigenvalue weighted by molar-refractivity contribution is 5.85.